The van der Waals surface area contributed by atoms with Crippen molar-refractivity contribution in [1.29, 1.82) is 0 Å². The van der Waals surface area contributed by atoms with E-state index in [4.69, 9.17) is 4.74 Å². The van der Waals surface area contributed by atoms with Crippen LogP contribution in [0.5, 0.6) is 5.75 Å². The number of ether oxygens (including phenoxy) is 1. The maximum Gasteiger partial charge on any atom is 0.246 e. The number of benzene rings is 2. The Bertz CT molecular complexity index is 1010. The second-order valence-electron chi connectivity index (χ2n) is 6.38. The lowest BCUT2D eigenvalue weighted by molar-refractivity contribution is -0.129. The van der Waals surface area contributed by atoms with Crippen molar-refractivity contribution in [1.82, 2.24) is 4.90 Å². The van der Waals surface area contributed by atoms with Crippen molar-refractivity contribution in [3.63, 3.8) is 0 Å². The lowest BCUT2D eigenvalue weighted by Crippen LogP contribution is -2.33. The van der Waals surface area contributed by atoms with Gasteiger partial charge in [-0.2, -0.15) is 0 Å². The van der Waals surface area contributed by atoms with Crippen LogP contribution in [0.2, 0.25) is 0 Å². The molecule has 0 saturated carbocycles. The number of thiophene rings is 1. The molecule has 6 heteroatoms. The van der Waals surface area contributed by atoms with Gasteiger partial charge >= 0.3 is 0 Å². The van der Waals surface area contributed by atoms with Gasteiger partial charge in [0.15, 0.2) is 0 Å². The van der Waals surface area contributed by atoms with Crippen LogP contribution in [0.1, 0.15) is 4.88 Å². The third-order valence-electron chi connectivity index (χ3n) is 4.19. The molecule has 1 heterocycles. The monoisotopic (exact) mass is 406 g/mol. The summed E-state index contributed by atoms with van der Waals surface area (Å²) in [5, 5.41) is 2.76. The van der Waals surface area contributed by atoms with Crippen LogP contribution in [0.25, 0.3) is 16.5 Å². The van der Waals surface area contributed by atoms with E-state index in [0.29, 0.717) is 11.4 Å². The lowest BCUT2D eigenvalue weighted by atomic mass is 10.2. The van der Waals surface area contributed by atoms with Crippen molar-refractivity contribution in [3.05, 3.63) is 77.7 Å². The second-order valence-corrected chi connectivity index (χ2v) is 7.49. The highest BCUT2D eigenvalue weighted by atomic mass is 32.1. The molecule has 3 aromatic rings. The summed E-state index contributed by atoms with van der Waals surface area (Å²) in [6.45, 7) is -0.0416. The van der Waals surface area contributed by atoms with E-state index in [9.17, 15) is 9.59 Å². The number of carbonyl (C=O) groups excluding carboxylic acids is 2. The Labute approximate surface area is 174 Å². The Morgan fingerprint density at radius 2 is 1.86 bits per heavy atom. The highest BCUT2D eigenvalue weighted by Crippen LogP contribution is 2.28. The van der Waals surface area contributed by atoms with E-state index < -0.39 is 0 Å². The zero-order valence-corrected chi connectivity index (χ0v) is 17.1. The van der Waals surface area contributed by atoms with Gasteiger partial charge in [0.1, 0.15) is 5.75 Å². The van der Waals surface area contributed by atoms with Crippen molar-refractivity contribution in [2.24, 2.45) is 0 Å². The summed E-state index contributed by atoms with van der Waals surface area (Å²) < 4.78 is 5.14. The smallest absolute Gasteiger partial charge is 0.246 e. The highest BCUT2D eigenvalue weighted by Gasteiger charge is 2.11. The highest BCUT2D eigenvalue weighted by molar-refractivity contribution is 7.16. The topological polar surface area (TPSA) is 58.6 Å². The molecule has 1 aromatic heterocycles. The van der Waals surface area contributed by atoms with E-state index in [-0.39, 0.29) is 18.4 Å². The Hall–Kier alpha value is -3.38. The van der Waals surface area contributed by atoms with Gasteiger partial charge in [-0.05, 0) is 35.9 Å². The van der Waals surface area contributed by atoms with Gasteiger partial charge in [-0.25, -0.2) is 0 Å². The van der Waals surface area contributed by atoms with Crippen LogP contribution in [0.3, 0.4) is 0 Å². The Kier molecular flexibility index (Phi) is 6.81. The average Bonchev–Trinajstić information content (AvgIpc) is 3.21. The zero-order chi connectivity index (χ0) is 20.6. The van der Waals surface area contributed by atoms with Gasteiger partial charge in [0.2, 0.25) is 11.8 Å². The first kappa shape index (κ1) is 20.4. The summed E-state index contributed by atoms with van der Waals surface area (Å²) in [6, 6.07) is 21.2. The van der Waals surface area contributed by atoms with Crippen molar-refractivity contribution in [2.75, 3.05) is 26.0 Å². The molecule has 29 heavy (non-hydrogen) atoms. The van der Waals surface area contributed by atoms with Crippen LogP contribution >= 0.6 is 11.3 Å². The van der Waals surface area contributed by atoms with Gasteiger partial charge in [-0.15, -0.1) is 11.3 Å². The van der Waals surface area contributed by atoms with E-state index in [1.54, 1.807) is 55.8 Å². The predicted octanol–water partition coefficient (Wildman–Crippen LogP) is 4.53. The molecule has 0 aliphatic carbocycles. The lowest BCUT2D eigenvalue weighted by Gasteiger charge is -2.15. The number of nitrogens with zero attached hydrogens (tertiary/aromatic N) is 1. The largest absolute Gasteiger partial charge is 0.497 e. The Balaban J connectivity index is 1.54. The molecule has 0 atom stereocenters. The second kappa shape index (κ2) is 9.71. The number of nitrogens with one attached hydrogen (secondary N) is 1. The average molecular weight is 407 g/mol. The zero-order valence-electron chi connectivity index (χ0n) is 16.3. The molecule has 1 N–H and O–H groups in total. The first-order chi connectivity index (χ1) is 14.0. The van der Waals surface area contributed by atoms with Crippen molar-refractivity contribution >= 4 is 34.9 Å². The summed E-state index contributed by atoms with van der Waals surface area (Å²) >= 11 is 1.61. The molecule has 148 valence electrons. The van der Waals surface area contributed by atoms with E-state index in [0.717, 1.165) is 15.3 Å². The molecule has 0 aliphatic rings. The molecule has 0 saturated heterocycles. The summed E-state index contributed by atoms with van der Waals surface area (Å²) in [7, 11) is 3.16. The van der Waals surface area contributed by atoms with Gasteiger partial charge in [-0.3, -0.25) is 9.59 Å². The van der Waals surface area contributed by atoms with Crippen LogP contribution in [0, 0.1) is 0 Å². The summed E-state index contributed by atoms with van der Waals surface area (Å²) in [6.07, 6.45) is 3.26. The molecule has 0 radical (unpaired) electrons. The van der Waals surface area contributed by atoms with Crippen LogP contribution in [0.15, 0.2) is 72.8 Å². The standard InChI is InChI=1S/C23H22N2O3S/c1-25(16-22(26)24-18-9-6-10-19(15-18)28-2)23(27)14-12-20-11-13-21(29-20)17-7-4-3-5-8-17/h3-15H,16H2,1-2H3,(H,24,26)/b14-12+. The number of methoxy groups -OCH3 is 1. The fraction of sp³-hybridized carbons (Fsp3) is 0.130. The van der Waals surface area contributed by atoms with Crippen molar-refractivity contribution < 1.29 is 14.3 Å². The molecular weight excluding hydrogens is 384 g/mol. The third-order valence-corrected chi connectivity index (χ3v) is 5.29. The predicted molar refractivity (Wildman–Crippen MR) is 118 cm³/mol. The number of amides is 2. The third kappa shape index (κ3) is 5.80. The van der Waals surface area contributed by atoms with Crippen molar-refractivity contribution in [2.45, 2.75) is 0 Å². The minimum absolute atomic E-state index is 0.0416. The molecule has 3 rings (SSSR count). The van der Waals surface area contributed by atoms with Crippen LogP contribution in [-0.2, 0) is 9.59 Å². The van der Waals surface area contributed by atoms with Crippen LogP contribution in [0.4, 0.5) is 5.69 Å². The molecule has 0 aliphatic heterocycles. The fourth-order valence-electron chi connectivity index (χ4n) is 2.68. The van der Waals surface area contributed by atoms with E-state index in [1.165, 1.54) is 11.0 Å². The molecule has 0 unspecified atom stereocenters. The minimum Gasteiger partial charge on any atom is -0.497 e. The van der Waals surface area contributed by atoms with Crippen LogP contribution < -0.4 is 10.1 Å². The Morgan fingerprint density at radius 1 is 1.07 bits per heavy atom. The van der Waals surface area contributed by atoms with Gasteiger partial charge in [0, 0.05) is 34.6 Å². The molecular formula is C23H22N2O3S. The molecule has 2 amide bonds. The summed E-state index contributed by atoms with van der Waals surface area (Å²) in [4.78, 5) is 28.0. The Morgan fingerprint density at radius 3 is 2.62 bits per heavy atom. The first-order valence-electron chi connectivity index (χ1n) is 9.07. The number of carbonyl (C=O) groups is 2. The van der Waals surface area contributed by atoms with E-state index in [2.05, 4.69) is 17.4 Å². The number of rotatable bonds is 7. The summed E-state index contributed by atoms with van der Waals surface area (Å²) in [5.74, 6) is 0.145. The molecule has 5 nitrogen and oxygen atoms in total. The number of hydrogen-bond donors (Lipinski definition) is 1. The van der Waals surface area contributed by atoms with Gasteiger partial charge in [0.25, 0.3) is 0 Å². The first-order valence-corrected chi connectivity index (χ1v) is 9.89. The molecule has 0 bridgehead atoms. The number of anilines is 1. The SMILES string of the molecule is COc1cccc(NC(=O)CN(C)C(=O)/C=C/c2ccc(-c3ccccc3)s2)c1. The quantitative estimate of drug-likeness (QED) is 0.586. The maximum absolute atomic E-state index is 12.3. The van der Waals surface area contributed by atoms with E-state index in [1.807, 2.05) is 30.3 Å². The number of likely N-dealkylation sites (N-methyl/N-ethyl adjacent to an activating group) is 1. The van der Waals surface area contributed by atoms with Crippen LogP contribution in [-0.4, -0.2) is 37.4 Å². The fourth-order valence-corrected chi connectivity index (χ4v) is 3.59. The van der Waals surface area contributed by atoms with Gasteiger partial charge < -0.3 is 15.0 Å². The number of hydrogen-bond acceptors (Lipinski definition) is 4. The minimum atomic E-state index is -0.273. The van der Waals surface area contributed by atoms with Gasteiger partial charge in [-0.1, -0.05) is 36.4 Å². The normalized spacial score (nSPS) is 10.7. The van der Waals surface area contributed by atoms with Crippen molar-refractivity contribution in [3.8, 4) is 16.2 Å². The van der Waals surface area contributed by atoms with Gasteiger partial charge in [0.05, 0.1) is 13.7 Å². The van der Waals surface area contributed by atoms with E-state index >= 15 is 0 Å². The molecule has 0 spiro atoms. The molecule has 0 fully saturated rings. The summed E-state index contributed by atoms with van der Waals surface area (Å²) in [5.41, 5.74) is 1.77. The molecule has 2 aromatic carbocycles. The maximum atomic E-state index is 12.3.